The fraction of sp³-hybridized carbons (Fsp3) is 0.524. The van der Waals surface area contributed by atoms with Gasteiger partial charge in [0.05, 0.1) is 29.9 Å². The third-order valence-corrected chi connectivity index (χ3v) is 6.42. The number of para-hydroxylation sites is 1. The molecule has 2 aliphatic heterocycles. The first-order valence-electron chi connectivity index (χ1n) is 10.1. The molecule has 0 saturated carbocycles. The number of ether oxygens (including phenoxy) is 2. The number of anilines is 1. The van der Waals surface area contributed by atoms with Gasteiger partial charge in [-0.2, -0.15) is 0 Å². The highest BCUT2D eigenvalue weighted by atomic mass is 32.2. The van der Waals surface area contributed by atoms with E-state index in [0.717, 1.165) is 10.6 Å². The Kier molecular flexibility index (Phi) is 7.36. The number of likely N-dealkylation sites (tertiary alicyclic amines) is 1. The second-order valence-electron chi connectivity index (χ2n) is 7.28. The van der Waals surface area contributed by atoms with E-state index in [1.165, 1.54) is 18.7 Å². The van der Waals surface area contributed by atoms with Crippen LogP contribution < -0.4 is 5.32 Å². The summed E-state index contributed by atoms with van der Waals surface area (Å²) in [5.41, 5.74) is 0.729. The molecule has 1 aromatic carbocycles. The second kappa shape index (κ2) is 9.97. The van der Waals surface area contributed by atoms with Crippen LogP contribution in [0.4, 0.5) is 5.69 Å². The normalized spacial score (nSPS) is 20.0. The molecule has 0 unspecified atom stereocenters. The quantitative estimate of drug-likeness (QED) is 0.685. The molecule has 9 heteroatoms. The lowest BCUT2D eigenvalue weighted by Crippen LogP contribution is -2.45. The molecule has 2 atom stereocenters. The molecule has 8 nitrogen and oxygen atoms in total. The molecule has 2 aliphatic rings. The van der Waals surface area contributed by atoms with E-state index in [1.807, 2.05) is 18.2 Å². The van der Waals surface area contributed by atoms with Gasteiger partial charge in [-0.15, -0.1) is 11.8 Å². The van der Waals surface area contributed by atoms with Crippen molar-refractivity contribution in [2.24, 2.45) is 5.92 Å². The summed E-state index contributed by atoms with van der Waals surface area (Å²) >= 11 is 1.31. The van der Waals surface area contributed by atoms with Crippen molar-refractivity contribution in [1.82, 2.24) is 4.90 Å². The first-order valence-corrected chi connectivity index (χ1v) is 11.0. The zero-order valence-electron chi connectivity index (χ0n) is 17.1. The van der Waals surface area contributed by atoms with E-state index < -0.39 is 17.3 Å². The molecule has 1 fully saturated rings. The molecular weight excluding hydrogens is 408 g/mol. The largest absolute Gasteiger partial charge is 0.466 e. The van der Waals surface area contributed by atoms with Gasteiger partial charge in [0.15, 0.2) is 6.10 Å². The summed E-state index contributed by atoms with van der Waals surface area (Å²) in [6, 6.07) is 7.38. The first kappa shape index (κ1) is 22.1. The highest BCUT2D eigenvalue weighted by Crippen LogP contribution is 2.36. The van der Waals surface area contributed by atoms with Gasteiger partial charge in [-0.1, -0.05) is 12.1 Å². The Bertz CT molecular complexity index is 821. The molecule has 30 heavy (non-hydrogen) atoms. The minimum absolute atomic E-state index is 0.118. The van der Waals surface area contributed by atoms with E-state index in [1.54, 1.807) is 17.9 Å². The van der Waals surface area contributed by atoms with Crippen LogP contribution in [0, 0.1) is 5.92 Å². The molecule has 1 aromatic rings. The van der Waals surface area contributed by atoms with E-state index in [2.05, 4.69) is 5.32 Å². The number of hydrogen-bond donors (Lipinski definition) is 1. The predicted octanol–water partition coefficient (Wildman–Crippen LogP) is 2.22. The van der Waals surface area contributed by atoms with Crippen LogP contribution in [0.3, 0.4) is 0 Å². The summed E-state index contributed by atoms with van der Waals surface area (Å²) < 4.78 is 10.3. The molecule has 0 bridgehead atoms. The zero-order valence-corrected chi connectivity index (χ0v) is 17.9. The third kappa shape index (κ3) is 5.33. The second-order valence-corrected chi connectivity index (χ2v) is 8.52. The van der Waals surface area contributed by atoms with Crippen LogP contribution in [0.15, 0.2) is 29.2 Å². The number of carbonyl (C=O) groups is 4. The van der Waals surface area contributed by atoms with Crippen molar-refractivity contribution >= 4 is 41.2 Å². The van der Waals surface area contributed by atoms with Gasteiger partial charge in [-0.3, -0.25) is 19.2 Å². The molecule has 0 radical (unpaired) electrons. The van der Waals surface area contributed by atoms with E-state index in [0.29, 0.717) is 32.5 Å². The highest BCUT2D eigenvalue weighted by molar-refractivity contribution is 8.01. The van der Waals surface area contributed by atoms with E-state index in [9.17, 15) is 19.2 Å². The molecule has 0 spiro atoms. The number of nitrogens with zero attached hydrogens (tertiary/aromatic N) is 1. The van der Waals surface area contributed by atoms with Gasteiger partial charge >= 0.3 is 11.9 Å². The number of thioether (sulfide) groups is 1. The highest BCUT2D eigenvalue weighted by Gasteiger charge is 2.33. The van der Waals surface area contributed by atoms with Crippen LogP contribution in [0.2, 0.25) is 0 Å². The van der Waals surface area contributed by atoms with Gasteiger partial charge < -0.3 is 19.7 Å². The average molecular weight is 435 g/mol. The van der Waals surface area contributed by atoms with Crippen LogP contribution in [-0.4, -0.2) is 59.7 Å². The number of amides is 2. The Morgan fingerprint density at radius 1 is 1.23 bits per heavy atom. The number of nitrogens with one attached hydrogen (secondary N) is 1. The van der Waals surface area contributed by atoms with Gasteiger partial charge in [0.2, 0.25) is 5.91 Å². The van der Waals surface area contributed by atoms with Gasteiger partial charge in [0.25, 0.3) is 5.91 Å². The first-order chi connectivity index (χ1) is 14.4. The van der Waals surface area contributed by atoms with Crippen LogP contribution in [0.5, 0.6) is 0 Å². The number of esters is 2. The van der Waals surface area contributed by atoms with Crippen molar-refractivity contribution < 1.29 is 28.7 Å². The minimum Gasteiger partial charge on any atom is -0.466 e. The number of piperidine rings is 1. The smallest absolute Gasteiger partial charge is 0.309 e. The topological polar surface area (TPSA) is 102 Å². The number of benzene rings is 1. The summed E-state index contributed by atoms with van der Waals surface area (Å²) in [5.74, 6) is -1.57. The lowest BCUT2D eigenvalue weighted by Gasteiger charge is -2.32. The Labute approximate surface area is 179 Å². The maximum atomic E-state index is 12.6. The predicted molar refractivity (Wildman–Crippen MR) is 111 cm³/mol. The summed E-state index contributed by atoms with van der Waals surface area (Å²) in [7, 11) is 0. The summed E-state index contributed by atoms with van der Waals surface area (Å²) in [6.45, 7) is 4.47. The zero-order chi connectivity index (χ0) is 21.7. The lowest BCUT2D eigenvalue weighted by molar-refractivity contribution is -0.161. The maximum absolute atomic E-state index is 12.6. The van der Waals surface area contributed by atoms with Crippen molar-refractivity contribution in [3.8, 4) is 0 Å². The van der Waals surface area contributed by atoms with Crippen LogP contribution in [0.25, 0.3) is 0 Å². The van der Waals surface area contributed by atoms with Gasteiger partial charge in [0, 0.05) is 18.0 Å². The van der Waals surface area contributed by atoms with Gasteiger partial charge in [-0.25, -0.2) is 0 Å². The standard InChI is InChI=1S/C21H26N2O6S/c1-3-28-21(27)14-8-10-23(11-9-14)20(26)13(2)29-18(24)12-17-19(25)22-15-6-4-5-7-16(15)30-17/h4-7,13-14,17H,3,8-12H2,1-2H3,(H,22,25)/t13-,17+/m0/s1. The van der Waals surface area contributed by atoms with Gasteiger partial charge in [0.1, 0.15) is 0 Å². The van der Waals surface area contributed by atoms with E-state index in [4.69, 9.17) is 9.47 Å². The number of fused-ring (bicyclic) bond motifs is 1. The maximum Gasteiger partial charge on any atom is 0.309 e. The molecule has 1 saturated heterocycles. The summed E-state index contributed by atoms with van der Waals surface area (Å²) in [6.07, 6.45) is 0.000990. The molecule has 2 amide bonds. The fourth-order valence-electron chi connectivity index (χ4n) is 3.53. The Hall–Kier alpha value is -2.55. The van der Waals surface area contributed by atoms with Crippen molar-refractivity contribution in [1.29, 1.82) is 0 Å². The van der Waals surface area contributed by atoms with Crippen molar-refractivity contribution in [3.63, 3.8) is 0 Å². The number of rotatable bonds is 6. The summed E-state index contributed by atoms with van der Waals surface area (Å²) in [4.78, 5) is 51.5. The number of hydrogen-bond acceptors (Lipinski definition) is 7. The van der Waals surface area contributed by atoms with E-state index >= 15 is 0 Å². The third-order valence-electron chi connectivity index (χ3n) is 5.14. The van der Waals surface area contributed by atoms with Crippen LogP contribution >= 0.6 is 11.8 Å². The Balaban J connectivity index is 1.47. The molecular formula is C21H26N2O6S. The van der Waals surface area contributed by atoms with Gasteiger partial charge in [-0.05, 0) is 38.8 Å². The van der Waals surface area contributed by atoms with Crippen LogP contribution in [-0.2, 0) is 28.7 Å². The fourth-order valence-corrected chi connectivity index (χ4v) is 4.62. The lowest BCUT2D eigenvalue weighted by atomic mass is 9.97. The van der Waals surface area contributed by atoms with Crippen molar-refractivity contribution in [3.05, 3.63) is 24.3 Å². The SMILES string of the molecule is CCOC(=O)C1CCN(C(=O)[C@H](C)OC(=O)C[C@H]2Sc3ccccc3NC2=O)CC1. The average Bonchev–Trinajstić information content (AvgIpc) is 2.74. The molecule has 2 heterocycles. The Morgan fingerprint density at radius 2 is 1.93 bits per heavy atom. The minimum atomic E-state index is -0.944. The van der Waals surface area contributed by atoms with Crippen molar-refractivity contribution in [2.45, 2.75) is 49.4 Å². The molecule has 0 aromatic heterocycles. The van der Waals surface area contributed by atoms with Crippen molar-refractivity contribution in [2.75, 3.05) is 25.0 Å². The van der Waals surface area contributed by atoms with Crippen LogP contribution in [0.1, 0.15) is 33.1 Å². The molecule has 162 valence electrons. The number of carbonyl (C=O) groups excluding carboxylic acids is 4. The molecule has 1 N–H and O–H groups in total. The van der Waals surface area contributed by atoms with E-state index in [-0.39, 0.29) is 30.1 Å². The molecule has 3 rings (SSSR count). The summed E-state index contributed by atoms with van der Waals surface area (Å²) in [5, 5.41) is 2.18. The monoisotopic (exact) mass is 434 g/mol. The molecule has 0 aliphatic carbocycles. The Morgan fingerprint density at radius 3 is 2.63 bits per heavy atom.